The summed E-state index contributed by atoms with van der Waals surface area (Å²) in [5.74, 6) is 2.24. The molecule has 0 aliphatic carbocycles. The molecule has 116 valence electrons. The number of likely N-dealkylation sites (N-methyl/N-ethyl adjacent to an activating group) is 1. The van der Waals surface area contributed by atoms with Gasteiger partial charge in [-0.3, -0.25) is 0 Å². The lowest BCUT2D eigenvalue weighted by Gasteiger charge is -2.24. The van der Waals surface area contributed by atoms with Crippen molar-refractivity contribution >= 4 is 33.3 Å². The number of aromatic nitrogens is 2. The van der Waals surface area contributed by atoms with Gasteiger partial charge in [-0.15, -0.1) is 11.3 Å². The Bertz CT molecular complexity index is 568. The largest absolute Gasteiger partial charge is 0.365 e. The summed E-state index contributed by atoms with van der Waals surface area (Å²) in [4.78, 5) is 12.3. The Morgan fingerprint density at radius 3 is 2.67 bits per heavy atom. The second-order valence-electron chi connectivity index (χ2n) is 6.02. The van der Waals surface area contributed by atoms with Crippen molar-refractivity contribution in [1.29, 1.82) is 0 Å². The normalized spacial score (nSPS) is 13.1. The molecule has 2 aromatic heterocycles. The first-order valence-corrected chi connectivity index (χ1v) is 8.21. The average Bonchev–Trinajstić information content (AvgIpc) is 2.85. The molecular weight excluding hydrogens is 282 g/mol. The Balaban J connectivity index is 2.28. The fraction of sp³-hybridized carbons (Fsp3) is 0.600. The van der Waals surface area contributed by atoms with Crippen LogP contribution in [0.25, 0.3) is 10.2 Å². The first-order valence-electron chi connectivity index (χ1n) is 7.34. The van der Waals surface area contributed by atoms with Crippen molar-refractivity contribution in [1.82, 2.24) is 14.9 Å². The van der Waals surface area contributed by atoms with E-state index in [2.05, 4.69) is 64.9 Å². The Kier molecular flexibility index (Phi) is 5.36. The summed E-state index contributed by atoms with van der Waals surface area (Å²) in [6.07, 6.45) is 1.11. The highest BCUT2D eigenvalue weighted by atomic mass is 32.1. The Morgan fingerprint density at radius 1 is 1.29 bits per heavy atom. The monoisotopic (exact) mass is 307 g/mol. The molecule has 21 heavy (non-hydrogen) atoms. The number of fused-ring (bicyclic) bond motifs is 1. The maximum atomic E-state index is 4.60. The quantitative estimate of drug-likeness (QED) is 0.823. The third kappa shape index (κ3) is 4.28. The van der Waals surface area contributed by atoms with Gasteiger partial charge in [0.2, 0.25) is 5.95 Å². The second kappa shape index (κ2) is 7.04. The third-order valence-electron chi connectivity index (χ3n) is 3.23. The summed E-state index contributed by atoms with van der Waals surface area (Å²) in [6, 6.07) is 2.46. The Morgan fingerprint density at radius 2 is 2.05 bits per heavy atom. The standard InChI is InChI=1S/C15H25N5S/c1-10(2)8-11(9-20(4)5)17-13-12-6-7-21-14(12)19-15(16-3)18-13/h6-7,10-11H,8-9H2,1-5H3,(H2,16,17,18,19). The number of hydrogen-bond acceptors (Lipinski definition) is 6. The van der Waals surface area contributed by atoms with E-state index in [0.29, 0.717) is 17.9 Å². The van der Waals surface area contributed by atoms with E-state index in [1.54, 1.807) is 11.3 Å². The minimum absolute atomic E-state index is 0.378. The van der Waals surface area contributed by atoms with Crippen LogP contribution in [0.15, 0.2) is 11.4 Å². The first-order chi connectivity index (χ1) is 9.99. The van der Waals surface area contributed by atoms with Crippen molar-refractivity contribution in [3.05, 3.63) is 11.4 Å². The molecule has 2 aromatic rings. The molecule has 0 aliphatic rings. The van der Waals surface area contributed by atoms with E-state index in [1.807, 2.05) is 7.05 Å². The highest BCUT2D eigenvalue weighted by Crippen LogP contribution is 2.27. The Hall–Kier alpha value is -1.40. The molecule has 6 heteroatoms. The van der Waals surface area contributed by atoms with Gasteiger partial charge in [0.05, 0.1) is 5.39 Å². The lowest BCUT2D eigenvalue weighted by atomic mass is 10.0. The summed E-state index contributed by atoms with van der Waals surface area (Å²) in [6.45, 7) is 5.50. The van der Waals surface area contributed by atoms with Crippen molar-refractivity contribution in [3.8, 4) is 0 Å². The summed E-state index contributed by atoms with van der Waals surface area (Å²) >= 11 is 1.64. The van der Waals surface area contributed by atoms with Crippen molar-refractivity contribution in [2.75, 3.05) is 38.3 Å². The van der Waals surface area contributed by atoms with E-state index in [-0.39, 0.29) is 0 Å². The van der Waals surface area contributed by atoms with Crippen LogP contribution in [-0.4, -0.2) is 48.6 Å². The molecule has 2 N–H and O–H groups in total. The lowest BCUT2D eigenvalue weighted by molar-refractivity contribution is 0.356. The molecule has 0 bridgehead atoms. The van der Waals surface area contributed by atoms with Crippen LogP contribution in [0.2, 0.25) is 0 Å². The molecule has 0 saturated carbocycles. The predicted octanol–water partition coefficient (Wildman–Crippen LogP) is 3.12. The lowest BCUT2D eigenvalue weighted by Crippen LogP contribution is -2.33. The van der Waals surface area contributed by atoms with Crippen molar-refractivity contribution < 1.29 is 0 Å². The van der Waals surface area contributed by atoms with E-state index in [4.69, 9.17) is 0 Å². The first kappa shape index (κ1) is 16.0. The molecular formula is C15H25N5S. The van der Waals surface area contributed by atoms with E-state index >= 15 is 0 Å². The molecule has 0 aromatic carbocycles. The second-order valence-corrected chi connectivity index (χ2v) is 6.91. The van der Waals surface area contributed by atoms with Gasteiger partial charge in [-0.25, -0.2) is 4.98 Å². The van der Waals surface area contributed by atoms with Crippen LogP contribution >= 0.6 is 11.3 Å². The van der Waals surface area contributed by atoms with Crippen LogP contribution in [0, 0.1) is 5.92 Å². The third-order valence-corrected chi connectivity index (χ3v) is 4.04. The fourth-order valence-corrected chi connectivity index (χ4v) is 3.22. The molecule has 2 heterocycles. The van der Waals surface area contributed by atoms with Crippen LogP contribution in [0.5, 0.6) is 0 Å². The summed E-state index contributed by atoms with van der Waals surface area (Å²) in [7, 11) is 6.06. The van der Waals surface area contributed by atoms with Crippen LogP contribution in [0.1, 0.15) is 20.3 Å². The van der Waals surface area contributed by atoms with E-state index in [1.165, 1.54) is 0 Å². The van der Waals surface area contributed by atoms with Gasteiger partial charge in [-0.2, -0.15) is 4.98 Å². The SMILES string of the molecule is CNc1nc(NC(CC(C)C)CN(C)C)c2ccsc2n1. The van der Waals surface area contributed by atoms with Crippen molar-refractivity contribution in [3.63, 3.8) is 0 Å². The molecule has 0 amide bonds. The minimum atomic E-state index is 0.378. The van der Waals surface area contributed by atoms with E-state index in [9.17, 15) is 0 Å². The molecule has 0 radical (unpaired) electrons. The molecule has 2 rings (SSSR count). The molecule has 5 nitrogen and oxygen atoms in total. The van der Waals surface area contributed by atoms with Gasteiger partial charge in [0.1, 0.15) is 10.6 Å². The maximum Gasteiger partial charge on any atom is 0.225 e. The van der Waals surface area contributed by atoms with Crippen LogP contribution < -0.4 is 10.6 Å². The van der Waals surface area contributed by atoms with E-state index in [0.717, 1.165) is 29.0 Å². The highest BCUT2D eigenvalue weighted by Gasteiger charge is 2.16. The van der Waals surface area contributed by atoms with Crippen LogP contribution in [-0.2, 0) is 0 Å². The van der Waals surface area contributed by atoms with Gasteiger partial charge >= 0.3 is 0 Å². The fourth-order valence-electron chi connectivity index (χ4n) is 2.46. The molecule has 0 aliphatic heterocycles. The van der Waals surface area contributed by atoms with Crippen LogP contribution in [0.4, 0.5) is 11.8 Å². The van der Waals surface area contributed by atoms with Crippen molar-refractivity contribution in [2.24, 2.45) is 5.92 Å². The number of hydrogen-bond donors (Lipinski definition) is 2. The zero-order chi connectivity index (χ0) is 15.4. The molecule has 1 atom stereocenters. The molecule has 0 saturated heterocycles. The highest BCUT2D eigenvalue weighted by molar-refractivity contribution is 7.16. The molecule has 0 fully saturated rings. The van der Waals surface area contributed by atoms with Gasteiger partial charge < -0.3 is 15.5 Å². The number of nitrogens with one attached hydrogen (secondary N) is 2. The number of rotatable bonds is 7. The van der Waals surface area contributed by atoms with Gasteiger partial charge in [-0.05, 0) is 37.9 Å². The molecule has 0 spiro atoms. The zero-order valence-electron chi connectivity index (χ0n) is 13.5. The average molecular weight is 307 g/mol. The van der Waals surface area contributed by atoms with Gasteiger partial charge in [0, 0.05) is 19.6 Å². The summed E-state index contributed by atoms with van der Waals surface area (Å²) in [5.41, 5.74) is 0. The summed E-state index contributed by atoms with van der Waals surface area (Å²) < 4.78 is 0. The zero-order valence-corrected chi connectivity index (χ0v) is 14.3. The topological polar surface area (TPSA) is 53.1 Å². The molecule has 1 unspecified atom stereocenters. The Labute approximate surface area is 130 Å². The number of thiophene rings is 1. The smallest absolute Gasteiger partial charge is 0.225 e. The van der Waals surface area contributed by atoms with E-state index < -0.39 is 0 Å². The van der Waals surface area contributed by atoms with Gasteiger partial charge in [0.25, 0.3) is 0 Å². The van der Waals surface area contributed by atoms with Crippen LogP contribution in [0.3, 0.4) is 0 Å². The predicted molar refractivity (Wildman–Crippen MR) is 92.4 cm³/mol. The minimum Gasteiger partial charge on any atom is -0.365 e. The summed E-state index contributed by atoms with van der Waals surface area (Å²) in [5, 5.41) is 9.82. The number of nitrogens with zero attached hydrogens (tertiary/aromatic N) is 3. The van der Waals surface area contributed by atoms with Crippen molar-refractivity contribution in [2.45, 2.75) is 26.3 Å². The van der Waals surface area contributed by atoms with Gasteiger partial charge in [0.15, 0.2) is 0 Å². The maximum absolute atomic E-state index is 4.60. The van der Waals surface area contributed by atoms with Gasteiger partial charge in [-0.1, -0.05) is 13.8 Å². The number of anilines is 2.